The van der Waals surface area contributed by atoms with E-state index in [1.165, 1.54) is 16.2 Å². The first-order valence-corrected chi connectivity index (χ1v) is 11.5. The van der Waals surface area contributed by atoms with Gasteiger partial charge in [0, 0.05) is 10.6 Å². The number of thiazole rings is 1. The van der Waals surface area contributed by atoms with Crippen molar-refractivity contribution in [2.45, 2.75) is 19.9 Å². The zero-order valence-electron chi connectivity index (χ0n) is 17.9. The molecule has 0 aliphatic carbocycles. The van der Waals surface area contributed by atoms with Crippen molar-refractivity contribution in [1.82, 2.24) is 4.98 Å². The maximum absolute atomic E-state index is 13.3. The highest BCUT2D eigenvalue weighted by Crippen LogP contribution is 2.44. The third-order valence-corrected chi connectivity index (χ3v) is 6.96. The summed E-state index contributed by atoms with van der Waals surface area (Å²) < 4.78 is 0.923. The van der Waals surface area contributed by atoms with Crippen LogP contribution in [0.5, 0.6) is 0 Å². The Morgan fingerprint density at radius 1 is 0.970 bits per heavy atom. The minimum absolute atomic E-state index is 0.0293. The number of carbonyl (C=O) groups is 2. The molecule has 1 aliphatic rings. The van der Waals surface area contributed by atoms with Crippen LogP contribution in [0.3, 0.4) is 0 Å². The number of carbonyl (C=O) groups excluding carboxylic acids is 2. The first kappa shape index (κ1) is 21.4. The van der Waals surface area contributed by atoms with Gasteiger partial charge in [0.05, 0.1) is 21.8 Å². The van der Waals surface area contributed by atoms with E-state index >= 15 is 0 Å². The van der Waals surface area contributed by atoms with Gasteiger partial charge in [0.15, 0.2) is 5.13 Å². The molecule has 1 amide bonds. The summed E-state index contributed by atoms with van der Waals surface area (Å²) in [6.45, 7) is 3.95. The Hall–Kier alpha value is -3.48. The van der Waals surface area contributed by atoms with Crippen molar-refractivity contribution in [3.05, 3.63) is 99.6 Å². The zero-order valence-corrected chi connectivity index (χ0v) is 19.4. The maximum Gasteiger partial charge on any atom is 0.301 e. The van der Waals surface area contributed by atoms with Crippen LogP contribution in [0.15, 0.2) is 72.3 Å². The van der Waals surface area contributed by atoms with Crippen molar-refractivity contribution in [2.75, 3.05) is 4.90 Å². The van der Waals surface area contributed by atoms with Crippen LogP contribution in [-0.2, 0) is 9.59 Å². The van der Waals surface area contributed by atoms with Crippen LogP contribution < -0.4 is 4.90 Å². The number of aromatic nitrogens is 1. The largest absolute Gasteiger partial charge is 0.507 e. The lowest BCUT2D eigenvalue weighted by Gasteiger charge is -2.23. The summed E-state index contributed by atoms with van der Waals surface area (Å²) >= 11 is 7.33. The summed E-state index contributed by atoms with van der Waals surface area (Å²) in [7, 11) is 0. The van der Waals surface area contributed by atoms with Crippen LogP contribution in [-0.4, -0.2) is 21.8 Å². The van der Waals surface area contributed by atoms with E-state index in [-0.39, 0.29) is 11.3 Å². The predicted octanol–water partition coefficient (Wildman–Crippen LogP) is 6.19. The van der Waals surface area contributed by atoms with Gasteiger partial charge in [-0.15, -0.1) is 0 Å². The van der Waals surface area contributed by atoms with Gasteiger partial charge < -0.3 is 5.11 Å². The van der Waals surface area contributed by atoms with E-state index in [1.807, 2.05) is 56.3 Å². The van der Waals surface area contributed by atoms with Crippen LogP contribution in [0, 0.1) is 13.8 Å². The number of amides is 1. The van der Waals surface area contributed by atoms with E-state index in [9.17, 15) is 14.7 Å². The van der Waals surface area contributed by atoms with Crippen molar-refractivity contribution in [3.63, 3.8) is 0 Å². The number of halogens is 1. The predicted molar refractivity (Wildman–Crippen MR) is 132 cm³/mol. The fraction of sp³-hybridized carbons (Fsp3) is 0.115. The van der Waals surface area contributed by atoms with Gasteiger partial charge in [0.25, 0.3) is 5.78 Å². The average molecular weight is 475 g/mol. The number of nitrogens with zero attached hydrogens (tertiary/aromatic N) is 2. The first-order valence-electron chi connectivity index (χ1n) is 10.3. The number of Topliss-reactive ketones (excluding diaryl/α,β-unsaturated/α-hetero) is 1. The van der Waals surface area contributed by atoms with Gasteiger partial charge in [0.2, 0.25) is 0 Å². The zero-order chi connectivity index (χ0) is 23.3. The summed E-state index contributed by atoms with van der Waals surface area (Å²) in [5.74, 6) is -1.70. The topological polar surface area (TPSA) is 70.5 Å². The van der Waals surface area contributed by atoms with Crippen LogP contribution in [0.2, 0.25) is 5.02 Å². The second-order valence-corrected chi connectivity index (χ2v) is 9.50. The van der Waals surface area contributed by atoms with Crippen molar-refractivity contribution >= 4 is 55.7 Å². The number of hydrogen-bond acceptors (Lipinski definition) is 5. The van der Waals surface area contributed by atoms with E-state index in [0.29, 0.717) is 21.3 Å². The molecule has 33 heavy (non-hydrogen) atoms. The van der Waals surface area contributed by atoms with Crippen LogP contribution in [0.1, 0.15) is 28.3 Å². The van der Waals surface area contributed by atoms with Gasteiger partial charge in [-0.1, -0.05) is 58.8 Å². The third kappa shape index (κ3) is 3.71. The Balaban J connectivity index is 1.73. The van der Waals surface area contributed by atoms with Crippen molar-refractivity contribution in [2.24, 2.45) is 0 Å². The minimum Gasteiger partial charge on any atom is -0.507 e. The molecule has 2 heterocycles. The van der Waals surface area contributed by atoms with Crippen LogP contribution in [0.4, 0.5) is 5.13 Å². The lowest BCUT2D eigenvalue weighted by molar-refractivity contribution is -0.132. The molecule has 1 saturated heterocycles. The number of anilines is 1. The van der Waals surface area contributed by atoms with Crippen LogP contribution >= 0.6 is 22.9 Å². The SMILES string of the molecule is Cc1ccc([C@@H]2C(=C(O)c3ccc(Cl)cc3)C(=O)C(=O)N2c2nc3ccc(C)cc3s2)cc1. The van der Waals surface area contributed by atoms with E-state index in [0.717, 1.165) is 21.3 Å². The summed E-state index contributed by atoms with van der Waals surface area (Å²) in [5, 5.41) is 12.1. The number of aliphatic hydroxyl groups is 1. The highest BCUT2D eigenvalue weighted by Gasteiger charge is 2.48. The molecule has 0 bridgehead atoms. The molecular weight excluding hydrogens is 456 g/mol. The molecule has 5 nitrogen and oxygen atoms in total. The van der Waals surface area contributed by atoms with Gasteiger partial charge in [-0.05, 0) is 61.4 Å². The van der Waals surface area contributed by atoms with E-state index in [1.54, 1.807) is 24.3 Å². The molecule has 0 radical (unpaired) electrons. The molecule has 1 atom stereocenters. The van der Waals surface area contributed by atoms with Gasteiger partial charge >= 0.3 is 5.91 Å². The highest BCUT2D eigenvalue weighted by atomic mass is 35.5. The number of hydrogen-bond donors (Lipinski definition) is 1. The maximum atomic E-state index is 13.3. The molecule has 3 aromatic carbocycles. The molecule has 0 saturated carbocycles. The Morgan fingerprint density at radius 2 is 1.64 bits per heavy atom. The lowest BCUT2D eigenvalue weighted by atomic mass is 9.95. The molecule has 1 aliphatic heterocycles. The smallest absolute Gasteiger partial charge is 0.301 e. The second kappa shape index (κ2) is 8.14. The number of benzene rings is 3. The molecule has 7 heteroatoms. The normalized spacial score (nSPS) is 17.8. The number of fused-ring (bicyclic) bond motifs is 1. The molecule has 4 aromatic rings. The number of aliphatic hydroxyl groups excluding tert-OH is 1. The number of ketones is 1. The standard InChI is InChI=1S/C26H19ClN2O3S/c1-14-3-6-16(7-4-14)22-21(23(30)17-8-10-18(27)11-9-17)24(31)25(32)29(22)26-28-19-12-5-15(2)13-20(19)33-26/h3-13,22,30H,1-2H3/t22-/m1/s1. The quantitative estimate of drug-likeness (QED) is 0.218. The number of aryl methyl sites for hydroxylation is 2. The first-order chi connectivity index (χ1) is 15.8. The van der Waals surface area contributed by atoms with Gasteiger partial charge in [-0.25, -0.2) is 4.98 Å². The Kier molecular flexibility index (Phi) is 5.27. The Morgan fingerprint density at radius 3 is 2.33 bits per heavy atom. The van der Waals surface area contributed by atoms with E-state index in [2.05, 4.69) is 4.98 Å². The van der Waals surface area contributed by atoms with Gasteiger partial charge in [0.1, 0.15) is 5.76 Å². The average Bonchev–Trinajstić information content (AvgIpc) is 3.32. The third-order valence-electron chi connectivity index (χ3n) is 5.69. The van der Waals surface area contributed by atoms with Crippen LogP contribution in [0.25, 0.3) is 16.0 Å². The minimum atomic E-state index is -0.803. The molecular formula is C26H19ClN2O3S. The van der Waals surface area contributed by atoms with Crippen molar-refractivity contribution in [3.8, 4) is 0 Å². The Labute approximate surface area is 199 Å². The fourth-order valence-corrected chi connectivity index (χ4v) is 5.20. The van der Waals surface area contributed by atoms with Crippen molar-refractivity contribution in [1.29, 1.82) is 0 Å². The van der Waals surface area contributed by atoms with Gasteiger partial charge in [-0.3, -0.25) is 14.5 Å². The molecule has 5 rings (SSSR count). The highest BCUT2D eigenvalue weighted by molar-refractivity contribution is 7.22. The summed E-state index contributed by atoms with van der Waals surface area (Å²) in [5.41, 5.74) is 4.03. The van der Waals surface area contributed by atoms with E-state index in [4.69, 9.17) is 11.6 Å². The summed E-state index contributed by atoms with van der Waals surface area (Å²) in [4.78, 5) is 32.5. The molecule has 0 unspecified atom stereocenters. The monoisotopic (exact) mass is 474 g/mol. The summed E-state index contributed by atoms with van der Waals surface area (Å²) in [6.07, 6.45) is 0. The van der Waals surface area contributed by atoms with E-state index < -0.39 is 17.7 Å². The van der Waals surface area contributed by atoms with Crippen molar-refractivity contribution < 1.29 is 14.7 Å². The summed E-state index contributed by atoms with van der Waals surface area (Å²) in [6, 6.07) is 19.1. The fourth-order valence-electron chi connectivity index (χ4n) is 3.98. The molecule has 1 fully saturated rings. The second-order valence-electron chi connectivity index (χ2n) is 8.05. The molecule has 1 aromatic heterocycles. The molecule has 0 spiro atoms. The molecule has 164 valence electrons. The Bertz CT molecular complexity index is 1440. The lowest BCUT2D eigenvalue weighted by Crippen LogP contribution is -2.29. The number of rotatable bonds is 3. The van der Waals surface area contributed by atoms with Gasteiger partial charge in [-0.2, -0.15) is 0 Å². The molecule has 1 N–H and O–H groups in total.